The molecule has 0 spiro atoms. The van der Waals surface area contributed by atoms with Crippen LogP contribution in [0.1, 0.15) is 41.6 Å². The molecular formula is C24H29FN2O2. The summed E-state index contributed by atoms with van der Waals surface area (Å²) in [5.74, 6) is 0.117. The number of amides is 1. The van der Waals surface area contributed by atoms with Crippen molar-refractivity contribution in [1.82, 2.24) is 9.80 Å². The van der Waals surface area contributed by atoms with Crippen LogP contribution in [0, 0.1) is 11.7 Å². The predicted octanol–water partition coefficient (Wildman–Crippen LogP) is 3.53. The molecule has 1 saturated heterocycles. The molecule has 5 heteroatoms. The van der Waals surface area contributed by atoms with Crippen molar-refractivity contribution in [3.05, 3.63) is 71.5 Å². The molecule has 1 saturated carbocycles. The largest absolute Gasteiger partial charge is 0.395 e. The lowest BCUT2D eigenvalue weighted by Crippen LogP contribution is -2.67. The van der Waals surface area contributed by atoms with Gasteiger partial charge in [0, 0.05) is 37.6 Å². The molecule has 0 bridgehead atoms. The van der Waals surface area contributed by atoms with E-state index in [4.69, 9.17) is 0 Å². The van der Waals surface area contributed by atoms with Crippen LogP contribution in [0.2, 0.25) is 0 Å². The summed E-state index contributed by atoms with van der Waals surface area (Å²) in [6.07, 6.45) is 2.48. The van der Waals surface area contributed by atoms with Gasteiger partial charge in [0.2, 0.25) is 0 Å². The highest BCUT2D eigenvalue weighted by atomic mass is 19.1. The summed E-state index contributed by atoms with van der Waals surface area (Å²) in [6.45, 7) is 4.06. The van der Waals surface area contributed by atoms with Crippen molar-refractivity contribution in [2.45, 2.75) is 37.8 Å². The molecule has 0 unspecified atom stereocenters. The molecule has 154 valence electrons. The normalized spacial score (nSPS) is 24.2. The Hall–Kier alpha value is -2.24. The van der Waals surface area contributed by atoms with Gasteiger partial charge in [0.15, 0.2) is 0 Å². The molecule has 29 heavy (non-hydrogen) atoms. The lowest BCUT2D eigenvalue weighted by Gasteiger charge is -2.56. The SMILES string of the molecule is CCN(C[C@H]1[C@@H](c2ccccc2)[C@@H](CO)N1CC1CC1)C(=O)c1ccccc1F. The van der Waals surface area contributed by atoms with Crippen LogP contribution in [0.3, 0.4) is 0 Å². The second-order valence-corrected chi connectivity index (χ2v) is 8.22. The van der Waals surface area contributed by atoms with Crippen molar-refractivity contribution in [1.29, 1.82) is 0 Å². The van der Waals surface area contributed by atoms with E-state index in [0.29, 0.717) is 19.0 Å². The van der Waals surface area contributed by atoms with Crippen molar-refractivity contribution >= 4 is 5.91 Å². The fourth-order valence-corrected chi connectivity index (χ4v) is 4.63. The highest BCUT2D eigenvalue weighted by molar-refractivity contribution is 5.94. The predicted molar refractivity (Wildman–Crippen MR) is 111 cm³/mol. The van der Waals surface area contributed by atoms with Crippen LogP contribution in [0.5, 0.6) is 0 Å². The molecule has 1 aliphatic heterocycles. The fourth-order valence-electron chi connectivity index (χ4n) is 4.63. The lowest BCUT2D eigenvalue weighted by molar-refractivity contribution is -0.0561. The molecule has 0 aromatic heterocycles. The Morgan fingerprint density at radius 3 is 2.41 bits per heavy atom. The Morgan fingerprint density at radius 1 is 1.10 bits per heavy atom. The molecule has 2 aliphatic rings. The topological polar surface area (TPSA) is 43.8 Å². The summed E-state index contributed by atoms with van der Waals surface area (Å²) in [5, 5.41) is 10.1. The number of likely N-dealkylation sites (N-methyl/N-ethyl adjacent to an activating group) is 1. The number of hydrogen-bond acceptors (Lipinski definition) is 3. The van der Waals surface area contributed by atoms with Crippen molar-refractivity contribution in [3.8, 4) is 0 Å². The minimum absolute atomic E-state index is 0.0743. The van der Waals surface area contributed by atoms with Gasteiger partial charge in [-0.1, -0.05) is 42.5 Å². The van der Waals surface area contributed by atoms with Crippen LogP contribution in [-0.2, 0) is 0 Å². The van der Waals surface area contributed by atoms with Crippen molar-refractivity contribution in [3.63, 3.8) is 0 Å². The summed E-state index contributed by atoms with van der Waals surface area (Å²) in [4.78, 5) is 17.1. The van der Waals surface area contributed by atoms with Crippen LogP contribution in [0.25, 0.3) is 0 Å². The van der Waals surface area contributed by atoms with E-state index in [9.17, 15) is 14.3 Å². The molecule has 4 rings (SSSR count). The van der Waals surface area contributed by atoms with Crippen LogP contribution in [0.4, 0.5) is 4.39 Å². The minimum atomic E-state index is -0.479. The van der Waals surface area contributed by atoms with Crippen LogP contribution < -0.4 is 0 Å². The zero-order valence-corrected chi connectivity index (χ0v) is 16.9. The van der Waals surface area contributed by atoms with Crippen molar-refractivity contribution in [2.75, 3.05) is 26.2 Å². The number of aliphatic hydroxyl groups is 1. The van der Waals surface area contributed by atoms with Crippen LogP contribution >= 0.6 is 0 Å². The number of rotatable bonds is 8. The summed E-state index contributed by atoms with van der Waals surface area (Å²) in [5.41, 5.74) is 1.32. The van der Waals surface area contributed by atoms with Gasteiger partial charge < -0.3 is 10.0 Å². The van der Waals surface area contributed by atoms with Crippen molar-refractivity contribution < 1.29 is 14.3 Å². The highest BCUT2D eigenvalue weighted by Gasteiger charge is 2.50. The van der Waals surface area contributed by atoms with Gasteiger partial charge >= 0.3 is 0 Å². The summed E-state index contributed by atoms with van der Waals surface area (Å²) in [6, 6.07) is 16.6. The first-order chi connectivity index (χ1) is 14.1. The van der Waals surface area contributed by atoms with Gasteiger partial charge in [0.05, 0.1) is 12.2 Å². The first-order valence-electron chi connectivity index (χ1n) is 10.6. The monoisotopic (exact) mass is 396 g/mol. The third-order valence-electron chi connectivity index (χ3n) is 6.40. The van der Waals surface area contributed by atoms with E-state index in [2.05, 4.69) is 17.0 Å². The minimum Gasteiger partial charge on any atom is -0.395 e. The van der Waals surface area contributed by atoms with Crippen LogP contribution in [-0.4, -0.2) is 59.1 Å². The number of nitrogens with zero attached hydrogens (tertiary/aromatic N) is 2. The van der Waals surface area contributed by atoms with Gasteiger partial charge in [-0.2, -0.15) is 0 Å². The molecular weight excluding hydrogens is 367 g/mol. The summed E-state index contributed by atoms with van der Waals surface area (Å²) < 4.78 is 14.2. The van der Waals surface area contributed by atoms with E-state index in [1.54, 1.807) is 23.1 Å². The molecule has 3 atom stereocenters. The average molecular weight is 397 g/mol. The fraction of sp³-hybridized carbons (Fsp3) is 0.458. The average Bonchev–Trinajstić information content (AvgIpc) is 3.56. The van der Waals surface area contributed by atoms with Gasteiger partial charge in [0.25, 0.3) is 5.91 Å². The lowest BCUT2D eigenvalue weighted by atomic mass is 9.74. The number of halogens is 1. The molecule has 0 radical (unpaired) electrons. The quantitative estimate of drug-likeness (QED) is 0.742. The van der Waals surface area contributed by atoms with E-state index in [1.807, 2.05) is 25.1 Å². The number of carbonyl (C=O) groups excluding carboxylic acids is 1. The number of benzene rings is 2. The Balaban J connectivity index is 1.58. The molecule has 1 heterocycles. The second kappa shape index (κ2) is 8.64. The third-order valence-corrected chi connectivity index (χ3v) is 6.40. The maximum Gasteiger partial charge on any atom is 0.256 e. The summed E-state index contributed by atoms with van der Waals surface area (Å²) >= 11 is 0. The maximum atomic E-state index is 14.2. The van der Waals surface area contributed by atoms with Gasteiger partial charge in [0.1, 0.15) is 5.82 Å². The third kappa shape index (κ3) is 4.07. The van der Waals surface area contributed by atoms with E-state index >= 15 is 0 Å². The molecule has 1 amide bonds. The molecule has 2 aromatic rings. The first kappa shape index (κ1) is 20.0. The van der Waals surface area contributed by atoms with Gasteiger partial charge in [-0.05, 0) is 43.4 Å². The van der Waals surface area contributed by atoms with Crippen molar-refractivity contribution in [2.24, 2.45) is 5.92 Å². The smallest absolute Gasteiger partial charge is 0.256 e. The Kier molecular flexibility index (Phi) is 5.97. The van der Waals surface area contributed by atoms with E-state index in [-0.39, 0.29) is 36.1 Å². The number of carbonyl (C=O) groups is 1. The number of hydrogen-bond donors (Lipinski definition) is 1. The Bertz CT molecular complexity index is 840. The molecule has 1 N–H and O–H groups in total. The maximum absolute atomic E-state index is 14.2. The molecule has 4 nitrogen and oxygen atoms in total. The summed E-state index contributed by atoms with van der Waals surface area (Å²) in [7, 11) is 0. The van der Waals surface area contributed by atoms with E-state index < -0.39 is 5.82 Å². The molecule has 1 aliphatic carbocycles. The van der Waals surface area contributed by atoms with Crippen LogP contribution in [0.15, 0.2) is 54.6 Å². The second-order valence-electron chi connectivity index (χ2n) is 8.22. The number of aliphatic hydroxyl groups excluding tert-OH is 1. The molecule has 2 fully saturated rings. The highest BCUT2D eigenvalue weighted by Crippen LogP contribution is 2.44. The number of likely N-dealkylation sites (tertiary alicyclic amines) is 1. The van der Waals surface area contributed by atoms with Gasteiger partial charge in [-0.15, -0.1) is 0 Å². The van der Waals surface area contributed by atoms with E-state index in [1.165, 1.54) is 24.5 Å². The molecule has 2 aromatic carbocycles. The zero-order valence-electron chi connectivity index (χ0n) is 16.9. The van der Waals surface area contributed by atoms with Gasteiger partial charge in [-0.25, -0.2) is 4.39 Å². The zero-order chi connectivity index (χ0) is 20.4. The van der Waals surface area contributed by atoms with Gasteiger partial charge in [-0.3, -0.25) is 9.69 Å². The van der Waals surface area contributed by atoms with E-state index in [0.717, 1.165) is 6.54 Å². The standard InChI is InChI=1S/C24H29FN2O2/c1-2-26(24(29)19-10-6-7-11-20(19)25)15-21-23(18-8-4-3-5-9-18)22(16-28)27(21)14-17-12-13-17/h3-11,17,21-23,28H,2,12-16H2,1H3/t21-,22+,23+/m0/s1. The first-order valence-corrected chi connectivity index (χ1v) is 10.6. The Morgan fingerprint density at radius 2 is 1.79 bits per heavy atom. The Labute approximate surface area is 171 Å².